The van der Waals surface area contributed by atoms with Crippen LogP contribution in [0.4, 0.5) is 11.4 Å². The molecular formula is C26H27Cl2N3O4S. The summed E-state index contributed by atoms with van der Waals surface area (Å²) in [6.45, 7) is 3.64. The van der Waals surface area contributed by atoms with E-state index in [4.69, 9.17) is 27.9 Å². The van der Waals surface area contributed by atoms with E-state index in [-0.39, 0.29) is 32.3 Å². The number of rotatable bonds is 7. The summed E-state index contributed by atoms with van der Waals surface area (Å²) in [4.78, 5) is 17.2. The summed E-state index contributed by atoms with van der Waals surface area (Å²) in [5, 5.41) is 0.524. The summed E-state index contributed by atoms with van der Waals surface area (Å²) in [5.74, 6) is -0.128. The van der Waals surface area contributed by atoms with Crippen molar-refractivity contribution >= 4 is 50.5 Å². The zero-order chi connectivity index (χ0) is 25.9. The van der Waals surface area contributed by atoms with Crippen molar-refractivity contribution in [3.8, 4) is 5.75 Å². The number of aryl methyl sites for hydroxylation is 1. The van der Waals surface area contributed by atoms with Crippen molar-refractivity contribution in [1.82, 2.24) is 4.90 Å². The van der Waals surface area contributed by atoms with Crippen LogP contribution >= 0.6 is 23.2 Å². The molecule has 0 atom stereocenters. The highest BCUT2D eigenvalue weighted by molar-refractivity contribution is 7.93. The molecule has 0 N–H and O–H groups in total. The van der Waals surface area contributed by atoms with Crippen molar-refractivity contribution in [3.63, 3.8) is 0 Å². The van der Waals surface area contributed by atoms with Gasteiger partial charge in [-0.15, -0.1) is 0 Å². The number of carbonyl (C=O) groups excluding carboxylic acids is 1. The lowest BCUT2D eigenvalue weighted by Gasteiger charge is -2.37. The van der Waals surface area contributed by atoms with Crippen LogP contribution in [0.3, 0.4) is 0 Å². The Hall–Kier alpha value is -2.94. The minimum atomic E-state index is -4.21. The molecule has 0 aliphatic carbocycles. The average molecular weight is 548 g/mol. The van der Waals surface area contributed by atoms with Crippen LogP contribution in [0.1, 0.15) is 5.56 Å². The van der Waals surface area contributed by atoms with Gasteiger partial charge in [0.15, 0.2) is 0 Å². The number of nitrogens with zero attached hydrogens (tertiary/aromatic N) is 3. The molecule has 1 amide bonds. The van der Waals surface area contributed by atoms with Gasteiger partial charge in [0, 0.05) is 41.9 Å². The van der Waals surface area contributed by atoms with Gasteiger partial charge in [-0.3, -0.25) is 9.10 Å². The Morgan fingerprint density at radius 3 is 2.19 bits per heavy atom. The SMILES string of the molecule is COc1ccc(C)cc1S(=O)(=O)N(CC(=O)N1CCN(c2ccccc2)CC1)c1cc(Cl)cc(Cl)c1. The van der Waals surface area contributed by atoms with Crippen LogP contribution in [0.2, 0.25) is 10.0 Å². The lowest BCUT2D eigenvalue weighted by atomic mass is 10.2. The molecule has 0 unspecified atom stereocenters. The Morgan fingerprint density at radius 2 is 1.58 bits per heavy atom. The van der Waals surface area contributed by atoms with Gasteiger partial charge in [-0.1, -0.05) is 47.5 Å². The van der Waals surface area contributed by atoms with E-state index in [1.54, 1.807) is 24.0 Å². The standard InChI is InChI=1S/C26H27Cl2N3O4S/c1-19-8-9-24(35-2)25(14-19)36(33,34)31(23-16-20(27)15-21(28)17-23)18-26(32)30-12-10-29(11-13-30)22-6-4-3-5-7-22/h3-9,14-17H,10-13,18H2,1-2H3. The molecule has 190 valence electrons. The van der Waals surface area contributed by atoms with E-state index in [0.717, 1.165) is 15.6 Å². The molecule has 3 aromatic carbocycles. The number of hydrogen-bond donors (Lipinski definition) is 0. The maximum Gasteiger partial charge on any atom is 0.268 e. The van der Waals surface area contributed by atoms with Crippen LogP contribution in [0.15, 0.2) is 71.6 Å². The van der Waals surface area contributed by atoms with Crippen molar-refractivity contribution in [2.45, 2.75) is 11.8 Å². The molecule has 1 fully saturated rings. The third-order valence-corrected chi connectivity index (χ3v) is 8.29. The second-order valence-corrected chi connectivity index (χ2v) is 11.2. The van der Waals surface area contributed by atoms with Gasteiger partial charge in [0.2, 0.25) is 5.91 Å². The van der Waals surface area contributed by atoms with Crippen LogP contribution in [0.25, 0.3) is 0 Å². The van der Waals surface area contributed by atoms with E-state index in [1.807, 2.05) is 30.3 Å². The molecule has 7 nitrogen and oxygen atoms in total. The molecule has 0 spiro atoms. The zero-order valence-corrected chi connectivity index (χ0v) is 22.4. The maximum absolute atomic E-state index is 13.9. The number of methoxy groups -OCH3 is 1. The van der Waals surface area contributed by atoms with Crippen LogP contribution < -0.4 is 13.9 Å². The molecule has 0 saturated carbocycles. The predicted molar refractivity (Wildman–Crippen MR) is 144 cm³/mol. The van der Waals surface area contributed by atoms with Crippen LogP contribution in [-0.4, -0.2) is 59.1 Å². The Bertz CT molecular complexity index is 1320. The first-order valence-electron chi connectivity index (χ1n) is 11.4. The van der Waals surface area contributed by atoms with Crippen molar-refractivity contribution in [2.75, 3.05) is 49.0 Å². The minimum absolute atomic E-state index is 0.0391. The number of carbonyl (C=O) groups is 1. The normalized spacial score (nSPS) is 14.0. The zero-order valence-electron chi connectivity index (χ0n) is 20.0. The monoisotopic (exact) mass is 547 g/mol. The molecule has 1 aliphatic rings. The molecule has 3 aromatic rings. The fourth-order valence-electron chi connectivity index (χ4n) is 4.18. The van der Waals surface area contributed by atoms with Crippen LogP contribution in [-0.2, 0) is 14.8 Å². The first-order valence-corrected chi connectivity index (χ1v) is 13.6. The third kappa shape index (κ3) is 5.72. The molecule has 1 heterocycles. The smallest absolute Gasteiger partial charge is 0.268 e. The topological polar surface area (TPSA) is 70.2 Å². The molecule has 1 aliphatic heterocycles. The summed E-state index contributed by atoms with van der Waals surface area (Å²) < 4.78 is 34.2. The van der Waals surface area contributed by atoms with E-state index >= 15 is 0 Å². The maximum atomic E-state index is 13.9. The van der Waals surface area contributed by atoms with Crippen molar-refractivity contribution in [2.24, 2.45) is 0 Å². The van der Waals surface area contributed by atoms with Gasteiger partial charge in [-0.25, -0.2) is 8.42 Å². The number of sulfonamides is 1. The van der Waals surface area contributed by atoms with Gasteiger partial charge < -0.3 is 14.5 Å². The number of piperazine rings is 1. The quantitative estimate of drug-likeness (QED) is 0.422. The van der Waals surface area contributed by atoms with Crippen LogP contribution in [0.5, 0.6) is 5.75 Å². The summed E-state index contributed by atoms with van der Waals surface area (Å²) in [5.41, 5.74) is 2.03. The fourth-order valence-corrected chi connectivity index (χ4v) is 6.33. The predicted octanol–water partition coefficient (Wildman–Crippen LogP) is 4.85. The van der Waals surface area contributed by atoms with Crippen LogP contribution in [0, 0.1) is 6.92 Å². The average Bonchev–Trinajstić information content (AvgIpc) is 2.87. The van der Waals surface area contributed by atoms with Gasteiger partial charge >= 0.3 is 0 Å². The van der Waals surface area contributed by atoms with Gasteiger partial charge in [-0.2, -0.15) is 0 Å². The first-order chi connectivity index (χ1) is 17.2. The number of hydrogen-bond acceptors (Lipinski definition) is 5. The summed E-state index contributed by atoms with van der Waals surface area (Å²) >= 11 is 12.4. The highest BCUT2D eigenvalue weighted by atomic mass is 35.5. The van der Waals surface area contributed by atoms with Crippen molar-refractivity contribution < 1.29 is 17.9 Å². The highest BCUT2D eigenvalue weighted by Gasteiger charge is 2.32. The fraction of sp³-hybridized carbons (Fsp3) is 0.269. The molecule has 36 heavy (non-hydrogen) atoms. The number of amides is 1. The Labute approximate surface area is 221 Å². The van der Waals surface area contributed by atoms with Gasteiger partial charge in [-0.05, 0) is 55.0 Å². The molecule has 1 saturated heterocycles. The lowest BCUT2D eigenvalue weighted by Crippen LogP contribution is -2.52. The minimum Gasteiger partial charge on any atom is -0.495 e. The number of ether oxygens (including phenoxy) is 1. The largest absolute Gasteiger partial charge is 0.495 e. The summed E-state index contributed by atoms with van der Waals surface area (Å²) in [7, 11) is -2.80. The molecule has 10 heteroatoms. The second-order valence-electron chi connectivity index (χ2n) is 8.50. The van der Waals surface area contributed by atoms with E-state index < -0.39 is 16.6 Å². The van der Waals surface area contributed by atoms with E-state index in [9.17, 15) is 13.2 Å². The second kappa shape index (κ2) is 11.0. The first kappa shape index (κ1) is 26.1. The van der Waals surface area contributed by atoms with E-state index in [0.29, 0.717) is 26.2 Å². The molecule has 0 aromatic heterocycles. The number of para-hydroxylation sites is 1. The summed E-state index contributed by atoms with van der Waals surface area (Å²) in [6.07, 6.45) is 0. The molecule has 4 rings (SSSR count). The summed E-state index contributed by atoms with van der Waals surface area (Å²) in [6, 6.07) is 19.3. The Kier molecular flexibility index (Phi) is 7.97. The molecular weight excluding hydrogens is 521 g/mol. The third-order valence-electron chi connectivity index (χ3n) is 6.06. The van der Waals surface area contributed by atoms with E-state index in [2.05, 4.69) is 4.90 Å². The Morgan fingerprint density at radius 1 is 0.944 bits per heavy atom. The van der Waals surface area contributed by atoms with Gasteiger partial charge in [0.05, 0.1) is 12.8 Å². The van der Waals surface area contributed by atoms with Gasteiger partial charge in [0.25, 0.3) is 10.0 Å². The lowest BCUT2D eigenvalue weighted by molar-refractivity contribution is -0.129. The number of anilines is 2. The molecule has 0 bridgehead atoms. The number of benzene rings is 3. The van der Waals surface area contributed by atoms with E-state index in [1.165, 1.54) is 31.4 Å². The molecule has 0 radical (unpaired) electrons. The Balaban J connectivity index is 1.63. The highest BCUT2D eigenvalue weighted by Crippen LogP contribution is 2.33. The van der Waals surface area contributed by atoms with Crippen molar-refractivity contribution in [1.29, 1.82) is 0 Å². The van der Waals surface area contributed by atoms with Crippen molar-refractivity contribution in [3.05, 3.63) is 82.3 Å². The van der Waals surface area contributed by atoms with Gasteiger partial charge in [0.1, 0.15) is 17.2 Å². The number of halogens is 2.